The molecule has 144 valence electrons. The fourth-order valence-electron chi connectivity index (χ4n) is 3.62. The summed E-state index contributed by atoms with van der Waals surface area (Å²) in [4.78, 5) is 24.8. The Morgan fingerprint density at radius 2 is 2.04 bits per heavy atom. The van der Waals surface area contributed by atoms with Gasteiger partial charge in [-0.2, -0.15) is 0 Å². The molecule has 3 rings (SSSR count). The van der Waals surface area contributed by atoms with Crippen molar-refractivity contribution in [2.75, 3.05) is 50.4 Å². The predicted octanol–water partition coefficient (Wildman–Crippen LogP) is 0.406. The predicted molar refractivity (Wildman–Crippen MR) is 99.1 cm³/mol. The number of hydrogen-bond donors (Lipinski definition) is 1. The molecule has 2 fully saturated rings. The van der Waals surface area contributed by atoms with E-state index in [1.807, 2.05) is 4.90 Å². The molecule has 8 nitrogen and oxygen atoms in total. The number of sulfone groups is 1. The monoisotopic (exact) mass is 381 g/mol. The first-order chi connectivity index (χ1) is 12.4. The van der Waals surface area contributed by atoms with E-state index in [0.29, 0.717) is 24.7 Å². The quantitative estimate of drug-likeness (QED) is 0.810. The number of anilines is 1. The first-order valence-corrected chi connectivity index (χ1v) is 11.0. The maximum Gasteiger partial charge on any atom is 0.225 e. The van der Waals surface area contributed by atoms with Crippen molar-refractivity contribution in [3.8, 4) is 0 Å². The van der Waals surface area contributed by atoms with Crippen LogP contribution in [0.15, 0.2) is 11.1 Å². The normalized spacial score (nSPS) is 22.2. The maximum absolute atomic E-state index is 12.2. The van der Waals surface area contributed by atoms with Gasteiger partial charge < -0.3 is 15.1 Å². The molecule has 2 aliphatic heterocycles. The van der Waals surface area contributed by atoms with Gasteiger partial charge in [-0.3, -0.25) is 4.79 Å². The highest BCUT2D eigenvalue weighted by molar-refractivity contribution is 7.90. The summed E-state index contributed by atoms with van der Waals surface area (Å²) in [6, 6.07) is 0. The lowest BCUT2D eigenvalue weighted by molar-refractivity contribution is -0.128. The van der Waals surface area contributed by atoms with E-state index in [9.17, 15) is 13.2 Å². The molecule has 3 heterocycles. The number of hydrogen-bond acceptors (Lipinski definition) is 7. The molecule has 0 saturated carbocycles. The van der Waals surface area contributed by atoms with Crippen LogP contribution in [0.2, 0.25) is 0 Å². The Kier molecular flexibility index (Phi) is 5.76. The first kappa shape index (κ1) is 19.0. The summed E-state index contributed by atoms with van der Waals surface area (Å²) < 4.78 is 24.4. The van der Waals surface area contributed by atoms with Gasteiger partial charge in [0.2, 0.25) is 11.9 Å². The summed E-state index contributed by atoms with van der Waals surface area (Å²) in [6.07, 6.45) is 5.43. The Labute approximate surface area is 154 Å². The van der Waals surface area contributed by atoms with Gasteiger partial charge >= 0.3 is 0 Å². The molecule has 1 amide bonds. The highest BCUT2D eigenvalue weighted by atomic mass is 32.2. The second-order valence-corrected chi connectivity index (χ2v) is 9.07. The second kappa shape index (κ2) is 7.87. The molecule has 0 aromatic carbocycles. The van der Waals surface area contributed by atoms with Crippen LogP contribution >= 0.6 is 0 Å². The van der Waals surface area contributed by atoms with E-state index in [1.54, 1.807) is 6.92 Å². The number of aromatic nitrogens is 2. The Morgan fingerprint density at radius 3 is 2.69 bits per heavy atom. The lowest BCUT2D eigenvalue weighted by atomic mass is 9.96. The Hall–Kier alpha value is -1.74. The average Bonchev–Trinajstić information content (AvgIpc) is 2.87. The second-order valence-electron chi connectivity index (χ2n) is 7.08. The third-order valence-corrected chi connectivity index (χ3v) is 6.19. The van der Waals surface area contributed by atoms with Crippen molar-refractivity contribution in [1.29, 1.82) is 0 Å². The molecule has 1 atom stereocenters. The van der Waals surface area contributed by atoms with Crippen LogP contribution in [0.5, 0.6) is 0 Å². The Balaban J connectivity index is 1.89. The van der Waals surface area contributed by atoms with Crippen LogP contribution in [0.25, 0.3) is 0 Å². The van der Waals surface area contributed by atoms with Gasteiger partial charge in [-0.05, 0) is 25.8 Å². The number of amides is 1. The van der Waals surface area contributed by atoms with E-state index >= 15 is 0 Å². The van der Waals surface area contributed by atoms with Gasteiger partial charge in [0.25, 0.3) is 0 Å². The maximum atomic E-state index is 12.2. The van der Waals surface area contributed by atoms with Gasteiger partial charge in [0.15, 0.2) is 9.84 Å². The van der Waals surface area contributed by atoms with Crippen molar-refractivity contribution in [2.24, 2.45) is 0 Å². The highest BCUT2D eigenvalue weighted by Crippen LogP contribution is 2.28. The lowest BCUT2D eigenvalue weighted by Gasteiger charge is -2.26. The number of carbonyl (C=O) groups excluding carboxylic acids is 1. The van der Waals surface area contributed by atoms with E-state index in [0.717, 1.165) is 45.4 Å². The highest BCUT2D eigenvalue weighted by Gasteiger charge is 2.27. The van der Waals surface area contributed by atoms with Gasteiger partial charge in [0.1, 0.15) is 4.90 Å². The summed E-state index contributed by atoms with van der Waals surface area (Å²) in [6.45, 7) is 6.04. The van der Waals surface area contributed by atoms with Crippen molar-refractivity contribution in [3.05, 3.63) is 11.9 Å². The summed E-state index contributed by atoms with van der Waals surface area (Å²) in [5, 5.41) is 3.33. The largest absolute Gasteiger partial charge is 0.341 e. The number of carbonyl (C=O) groups is 1. The standard InChI is InChI=1S/C17H27N5O3S/c1-13(23)21-7-4-8-22(10-9-21)17-19-12-15(26(2,24)25)16(20-17)14-5-3-6-18-11-14/h12,14,18H,3-11H2,1-2H3. The third-order valence-electron chi connectivity index (χ3n) is 5.08. The van der Waals surface area contributed by atoms with Crippen LogP contribution in [0.1, 0.15) is 37.8 Å². The molecular weight excluding hydrogens is 354 g/mol. The third kappa shape index (κ3) is 4.32. The minimum atomic E-state index is -3.38. The molecule has 1 aromatic rings. The molecule has 0 radical (unpaired) electrons. The van der Waals surface area contributed by atoms with E-state index in [-0.39, 0.29) is 16.7 Å². The van der Waals surface area contributed by atoms with E-state index in [2.05, 4.69) is 15.2 Å². The molecule has 26 heavy (non-hydrogen) atoms. The van der Waals surface area contributed by atoms with Crippen molar-refractivity contribution in [1.82, 2.24) is 20.2 Å². The van der Waals surface area contributed by atoms with E-state index in [4.69, 9.17) is 4.98 Å². The SMILES string of the molecule is CC(=O)N1CCCN(c2ncc(S(C)(=O)=O)c(C3CCCNC3)n2)CC1. The van der Waals surface area contributed by atoms with E-state index < -0.39 is 9.84 Å². The topological polar surface area (TPSA) is 95.5 Å². The van der Waals surface area contributed by atoms with Gasteiger partial charge in [-0.15, -0.1) is 0 Å². The fourth-order valence-corrected chi connectivity index (χ4v) is 4.46. The molecule has 1 unspecified atom stereocenters. The summed E-state index contributed by atoms with van der Waals surface area (Å²) in [5.41, 5.74) is 0.623. The molecular formula is C17H27N5O3S. The van der Waals surface area contributed by atoms with Crippen molar-refractivity contribution in [3.63, 3.8) is 0 Å². The van der Waals surface area contributed by atoms with Crippen LogP contribution < -0.4 is 10.2 Å². The van der Waals surface area contributed by atoms with E-state index in [1.165, 1.54) is 12.5 Å². The number of nitrogens with zero attached hydrogens (tertiary/aromatic N) is 4. The van der Waals surface area contributed by atoms with Gasteiger partial charge in [-0.1, -0.05) is 0 Å². The molecule has 2 aliphatic rings. The molecule has 1 N–H and O–H groups in total. The van der Waals surface area contributed by atoms with Crippen LogP contribution in [0, 0.1) is 0 Å². The van der Waals surface area contributed by atoms with Crippen LogP contribution in [0.4, 0.5) is 5.95 Å². The van der Waals surface area contributed by atoms with Crippen LogP contribution in [-0.2, 0) is 14.6 Å². The van der Waals surface area contributed by atoms with Gasteiger partial charge in [0.05, 0.1) is 11.9 Å². The summed E-state index contributed by atoms with van der Waals surface area (Å²) >= 11 is 0. The zero-order chi connectivity index (χ0) is 18.7. The van der Waals surface area contributed by atoms with Crippen LogP contribution in [0.3, 0.4) is 0 Å². The van der Waals surface area contributed by atoms with Crippen LogP contribution in [-0.4, -0.2) is 74.7 Å². The van der Waals surface area contributed by atoms with Gasteiger partial charge in [-0.25, -0.2) is 18.4 Å². The molecule has 1 aromatic heterocycles. The molecule has 0 spiro atoms. The zero-order valence-corrected chi connectivity index (χ0v) is 16.3. The minimum Gasteiger partial charge on any atom is -0.341 e. The van der Waals surface area contributed by atoms with Crippen molar-refractivity contribution in [2.45, 2.75) is 37.0 Å². The summed E-state index contributed by atoms with van der Waals surface area (Å²) in [5.74, 6) is 0.716. The Morgan fingerprint density at radius 1 is 1.23 bits per heavy atom. The Bertz CT molecular complexity index is 762. The molecule has 9 heteroatoms. The van der Waals surface area contributed by atoms with Gasteiger partial charge in [0, 0.05) is 51.8 Å². The summed E-state index contributed by atoms with van der Waals surface area (Å²) in [7, 11) is -3.38. The lowest BCUT2D eigenvalue weighted by Crippen LogP contribution is -2.34. The first-order valence-electron chi connectivity index (χ1n) is 9.14. The molecule has 2 saturated heterocycles. The number of nitrogens with one attached hydrogen (secondary N) is 1. The van der Waals surface area contributed by atoms with Crippen molar-refractivity contribution >= 4 is 21.7 Å². The van der Waals surface area contributed by atoms with Crippen molar-refractivity contribution < 1.29 is 13.2 Å². The number of rotatable bonds is 3. The minimum absolute atomic E-state index is 0.0779. The zero-order valence-electron chi connectivity index (χ0n) is 15.4. The fraction of sp³-hybridized carbons (Fsp3) is 0.706. The smallest absolute Gasteiger partial charge is 0.225 e. The number of piperidine rings is 1. The molecule has 0 aliphatic carbocycles. The average molecular weight is 382 g/mol. The molecule has 0 bridgehead atoms.